The van der Waals surface area contributed by atoms with Gasteiger partial charge in [-0.05, 0) is 45.4 Å². The van der Waals surface area contributed by atoms with Crippen LogP contribution in [0.2, 0.25) is 0 Å². The van der Waals surface area contributed by atoms with Crippen LogP contribution < -0.4 is 15.4 Å². The van der Waals surface area contributed by atoms with Crippen LogP contribution in [0.1, 0.15) is 22.9 Å². The molecule has 0 unspecified atom stereocenters. The molecule has 0 saturated heterocycles. The van der Waals surface area contributed by atoms with E-state index in [0.717, 1.165) is 21.5 Å². The molecule has 3 rings (SSSR count). The Hall–Kier alpha value is -2.67. The molecule has 1 amide bonds. The van der Waals surface area contributed by atoms with E-state index in [-0.39, 0.29) is 5.91 Å². The maximum Gasteiger partial charge on any atom is 0.242 e. The summed E-state index contributed by atoms with van der Waals surface area (Å²) >= 11 is 1.64. The maximum atomic E-state index is 12.4. The number of hydrogen-bond donors (Lipinski definition) is 2. The molecule has 27 heavy (non-hydrogen) atoms. The van der Waals surface area contributed by atoms with E-state index in [1.807, 2.05) is 38.1 Å². The van der Waals surface area contributed by atoms with Crippen LogP contribution in [0.25, 0.3) is 10.2 Å². The molecule has 0 saturated carbocycles. The van der Waals surface area contributed by atoms with Crippen LogP contribution in [0.15, 0.2) is 30.6 Å². The number of nitrogens with zero attached hydrogens (tertiary/aromatic N) is 2. The molecule has 7 heteroatoms. The molecule has 0 fully saturated rings. The highest BCUT2D eigenvalue weighted by molar-refractivity contribution is 7.18. The average molecular weight is 385 g/mol. The fraction of sp³-hybridized carbons (Fsp3) is 0.350. The minimum absolute atomic E-state index is 0.0983. The third kappa shape index (κ3) is 4.54. The first kappa shape index (κ1) is 19.1. The van der Waals surface area contributed by atoms with Gasteiger partial charge in [0.15, 0.2) is 0 Å². The summed E-state index contributed by atoms with van der Waals surface area (Å²) in [6.07, 6.45) is 1.53. The summed E-state index contributed by atoms with van der Waals surface area (Å²) in [5, 5.41) is 7.08. The summed E-state index contributed by atoms with van der Waals surface area (Å²) in [5.74, 6) is 1.40. The lowest BCUT2D eigenvalue weighted by atomic mass is 10.2. The van der Waals surface area contributed by atoms with Gasteiger partial charge in [0, 0.05) is 4.88 Å². The molecule has 0 bridgehead atoms. The number of carbonyl (C=O) groups is 1. The SMILES string of the molecule is Cc1ccc(OCCNC(=O)[C@@H](C)Nc2ncnc3sc(C)c(C)c23)cc1. The fourth-order valence-corrected chi connectivity index (χ4v) is 3.69. The first-order chi connectivity index (χ1) is 13.0. The van der Waals surface area contributed by atoms with E-state index in [4.69, 9.17) is 4.74 Å². The van der Waals surface area contributed by atoms with Gasteiger partial charge in [-0.1, -0.05) is 17.7 Å². The Bertz CT molecular complexity index is 937. The number of benzene rings is 1. The Morgan fingerprint density at radius 3 is 2.67 bits per heavy atom. The van der Waals surface area contributed by atoms with Crippen LogP contribution >= 0.6 is 11.3 Å². The molecule has 0 aliphatic heterocycles. The molecule has 3 aromatic rings. The van der Waals surface area contributed by atoms with Crippen LogP contribution in [-0.4, -0.2) is 35.1 Å². The first-order valence-electron chi connectivity index (χ1n) is 8.90. The van der Waals surface area contributed by atoms with E-state index in [1.165, 1.54) is 16.8 Å². The molecule has 6 nitrogen and oxygen atoms in total. The zero-order valence-corrected chi connectivity index (χ0v) is 16.8. The predicted octanol–water partition coefficient (Wildman–Crippen LogP) is 3.61. The van der Waals surface area contributed by atoms with E-state index in [1.54, 1.807) is 11.3 Å². The smallest absolute Gasteiger partial charge is 0.242 e. The zero-order valence-electron chi connectivity index (χ0n) is 16.0. The highest BCUT2D eigenvalue weighted by Crippen LogP contribution is 2.32. The summed E-state index contributed by atoms with van der Waals surface area (Å²) < 4.78 is 5.63. The molecule has 0 spiro atoms. The van der Waals surface area contributed by atoms with E-state index in [0.29, 0.717) is 19.0 Å². The second-order valence-corrected chi connectivity index (χ2v) is 7.71. The maximum absolute atomic E-state index is 12.4. The third-order valence-corrected chi connectivity index (χ3v) is 5.52. The van der Waals surface area contributed by atoms with Crippen molar-refractivity contribution in [3.63, 3.8) is 0 Å². The summed E-state index contributed by atoms with van der Waals surface area (Å²) in [6, 6.07) is 7.43. The number of rotatable bonds is 7. The number of aryl methyl sites for hydroxylation is 3. The number of hydrogen-bond acceptors (Lipinski definition) is 6. The van der Waals surface area contributed by atoms with Crippen LogP contribution in [-0.2, 0) is 4.79 Å². The lowest BCUT2D eigenvalue weighted by Gasteiger charge is -2.15. The van der Waals surface area contributed by atoms with Crippen LogP contribution in [0.3, 0.4) is 0 Å². The second kappa shape index (κ2) is 8.35. The van der Waals surface area contributed by atoms with Gasteiger partial charge in [-0.25, -0.2) is 9.97 Å². The van der Waals surface area contributed by atoms with E-state index < -0.39 is 6.04 Å². The number of carbonyl (C=O) groups excluding carboxylic acids is 1. The summed E-state index contributed by atoms with van der Waals surface area (Å²) in [5.41, 5.74) is 2.34. The number of nitrogens with one attached hydrogen (secondary N) is 2. The highest BCUT2D eigenvalue weighted by Gasteiger charge is 2.17. The number of thiophene rings is 1. The lowest BCUT2D eigenvalue weighted by molar-refractivity contribution is -0.121. The number of aromatic nitrogens is 2. The Labute approximate surface area is 163 Å². The molecule has 2 aromatic heterocycles. The third-order valence-electron chi connectivity index (χ3n) is 4.40. The molecule has 142 valence electrons. The van der Waals surface area contributed by atoms with Crippen molar-refractivity contribution in [1.82, 2.24) is 15.3 Å². The molecule has 0 aliphatic rings. The van der Waals surface area contributed by atoms with Crippen molar-refractivity contribution in [2.45, 2.75) is 33.7 Å². The Morgan fingerprint density at radius 1 is 1.19 bits per heavy atom. The van der Waals surface area contributed by atoms with Gasteiger partial charge in [-0.15, -0.1) is 11.3 Å². The Balaban J connectivity index is 1.53. The molecule has 1 aromatic carbocycles. The van der Waals surface area contributed by atoms with Crippen LogP contribution in [0.5, 0.6) is 5.75 Å². The van der Waals surface area contributed by atoms with Gasteiger partial charge in [-0.3, -0.25) is 4.79 Å². The Kier molecular flexibility index (Phi) is 5.91. The lowest BCUT2D eigenvalue weighted by Crippen LogP contribution is -2.39. The van der Waals surface area contributed by atoms with Crippen molar-refractivity contribution < 1.29 is 9.53 Å². The van der Waals surface area contributed by atoms with Gasteiger partial charge in [0.1, 0.15) is 35.4 Å². The van der Waals surface area contributed by atoms with Crippen molar-refractivity contribution >= 4 is 33.3 Å². The topological polar surface area (TPSA) is 76.1 Å². The normalized spacial score (nSPS) is 12.0. The average Bonchev–Trinajstić information content (AvgIpc) is 2.95. The standard InChI is InChI=1S/C20H24N4O2S/c1-12-5-7-16(8-6-12)26-10-9-21-19(25)14(3)24-18-17-13(2)15(4)27-20(17)23-11-22-18/h5-8,11,14H,9-10H2,1-4H3,(H,21,25)(H,22,23,24)/t14-/m1/s1. The van der Waals surface area contributed by atoms with Crippen molar-refractivity contribution in [2.75, 3.05) is 18.5 Å². The number of ether oxygens (including phenoxy) is 1. The van der Waals surface area contributed by atoms with Crippen LogP contribution in [0, 0.1) is 20.8 Å². The van der Waals surface area contributed by atoms with Crippen molar-refractivity contribution in [1.29, 1.82) is 0 Å². The van der Waals surface area contributed by atoms with Gasteiger partial charge in [-0.2, -0.15) is 0 Å². The van der Waals surface area contributed by atoms with Gasteiger partial charge in [0.05, 0.1) is 11.9 Å². The summed E-state index contributed by atoms with van der Waals surface area (Å²) in [6.45, 7) is 8.82. The van der Waals surface area contributed by atoms with Crippen molar-refractivity contribution in [2.24, 2.45) is 0 Å². The zero-order chi connectivity index (χ0) is 19.4. The monoisotopic (exact) mass is 384 g/mol. The van der Waals surface area contributed by atoms with Crippen molar-refractivity contribution in [3.05, 3.63) is 46.6 Å². The van der Waals surface area contributed by atoms with E-state index >= 15 is 0 Å². The summed E-state index contributed by atoms with van der Waals surface area (Å²) in [7, 11) is 0. The molecule has 1 atom stereocenters. The number of fused-ring (bicyclic) bond motifs is 1. The predicted molar refractivity (Wildman–Crippen MR) is 110 cm³/mol. The second-order valence-electron chi connectivity index (χ2n) is 6.50. The Morgan fingerprint density at radius 2 is 1.93 bits per heavy atom. The molecule has 2 heterocycles. The fourth-order valence-electron chi connectivity index (χ4n) is 2.69. The quantitative estimate of drug-likeness (QED) is 0.609. The highest BCUT2D eigenvalue weighted by atomic mass is 32.1. The number of anilines is 1. The molecular formula is C20H24N4O2S. The molecule has 0 radical (unpaired) electrons. The first-order valence-corrected chi connectivity index (χ1v) is 9.71. The van der Waals surface area contributed by atoms with Crippen LogP contribution in [0.4, 0.5) is 5.82 Å². The van der Waals surface area contributed by atoms with Gasteiger partial charge in [0.2, 0.25) is 5.91 Å². The van der Waals surface area contributed by atoms with E-state index in [2.05, 4.69) is 34.4 Å². The minimum Gasteiger partial charge on any atom is -0.492 e. The molecule has 2 N–H and O–H groups in total. The van der Waals surface area contributed by atoms with Gasteiger partial charge in [0.25, 0.3) is 0 Å². The molecular weight excluding hydrogens is 360 g/mol. The van der Waals surface area contributed by atoms with Gasteiger partial charge < -0.3 is 15.4 Å². The van der Waals surface area contributed by atoms with E-state index in [9.17, 15) is 4.79 Å². The van der Waals surface area contributed by atoms with Crippen molar-refractivity contribution in [3.8, 4) is 5.75 Å². The van der Waals surface area contributed by atoms with Gasteiger partial charge >= 0.3 is 0 Å². The number of amides is 1. The minimum atomic E-state index is -0.415. The summed E-state index contributed by atoms with van der Waals surface area (Å²) in [4.78, 5) is 23.1. The molecule has 0 aliphatic carbocycles. The largest absolute Gasteiger partial charge is 0.492 e.